The molecule has 2 aromatic rings. The molecule has 1 atom stereocenters. The second kappa shape index (κ2) is 8.62. The first-order chi connectivity index (χ1) is 12.6. The number of amides is 1. The molecule has 0 saturated carbocycles. The summed E-state index contributed by atoms with van der Waals surface area (Å²) >= 11 is 3.51. The van der Waals surface area contributed by atoms with Gasteiger partial charge in [0.15, 0.2) is 0 Å². The molecule has 7 heteroatoms. The third kappa shape index (κ3) is 4.60. The highest BCUT2D eigenvalue weighted by Gasteiger charge is 2.25. The van der Waals surface area contributed by atoms with E-state index in [9.17, 15) is 4.79 Å². The lowest BCUT2D eigenvalue weighted by Crippen LogP contribution is -2.27. The second-order valence-corrected chi connectivity index (χ2v) is 7.35. The maximum atomic E-state index is 11.1. The van der Waals surface area contributed by atoms with Crippen molar-refractivity contribution in [2.45, 2.75) is 32.4 Å². The monoisotopic (exact) mass is 418 g/mol. The van der Waals surface area contributed by atoms with Gasteiger partial charge in [-0.15, -0.1) is 0 Å². The molecule has 0 unspecified atom stereocenters. The Balaban J connectivity index is 1.62. The standard InChI is InChI=1S/C19H23BrN4O2/c1-14-17(20)13-24(21-14)12-11-23-10-2-3-18(23)16-7-4-15(5-8-16)6-9-19(25)22-26/h4-9,13,18,26H,2-3,10-12H2,1H3,(H,22,25)/b9-6+/t18-/m0/s1. The Hall–Kier alpha value is -1.96. The molecule has 0 spiro atoms. The van der Waals surface area contributed by atoms with Crippen LogP contribution in [0.2, 0.25) is 0 Å². The minimum Gasteiger partial charge on any atom is -0.294 e. The largest absolute Gasteiger partial charge is 0.294 e. The number of hydroxylamine groups is 1. The van der Waals surface area contributed by atoms with E-state index in [-0.39, 0.29) is 0 Å². The van der Waals surface area contributed by atoms with Gasteiger partial charge in [-0.2, -0.15) is 5.10 Å². The number of rotatable bonds is 6. The van der Waals surface area contributed by atoms with Crippen molar-refractivity contribution in [2.24, 2.45) is 0 Å². The number of nitrogens with one attached hydrogen (secondary N) is 1. The summed E-state index contributed by atoms with van der Waals surface area (Å²) in [7, 11) is 0. The summed E-state index contributed by atoms with van der Waals surface area (Å²) in [6, 6.07) is 8.67. The third-order valence-electron chi connectivity index (χ3n) is 4.73. The van der Waals surface area contributed by atoms with Crippen LogP contribution < -0.4 is 5.48 Å². The Morgan fingerprint density at radius 2 is 2.15 bits per heavy atom. The molecule has 1 aromatic heterocycles. The van der Waals surface area contributed by atoms with Crippen LogP contribution in [0.15, 0.2) is 41.0 Å². The summed E-state index contributed by atoms with van der Waals surface area (Å²) < 4.78 is 3.04. The lowest BCUT2D eigenvalue weighted by Gasteiger charge is -2.24. The number of aromatic nitrogens is 2. The highest BCUT2D eigenvalue weighted by atomic mass is 79.9. The fourth-order valence-electron chi connectivity index (χ4n) is 3.35. The molecule has 1 saturated heterocycles. The molecule has 0 bridgehead atoms. The third-order valence-corrected chi connectivity index (χ3v) is 5.50. The molecule has 1 amide bonds. The molecule has 1 fully saturated rings. The van der Waals surface area contributed by atoms with E-state index in [1.807, 2.05) is 29.9 Å². The number of aryl methyl sites for hydroxylation is 1. The second-order valence-electron chi connectivity index (χ2n) is 6.50. The quantitative estimate of drug-likeness (QED) is 0.428. The van der Waals surface area contributed by atoms with E-state index in [2.05, 4.69) is 38.1 Å². The van der Waals surface area contributed by atoms with Gasteiger partial charge in [0.1, 0.15) is 0 Å². The number of nitrogens with zero attached hydrogens (tertiary/aromatic N) is 3. The fraction of sp³-hybridized carbons (Fsp3) is 0.368. The lowest BCUT2D eigenvalue weighted by atomic mass is 10.0. The van der Waals surface area contributed by atoms with Crippen LogP contribution in [-0.2, 0) is 11.3 Å². The van der Waals surface area contributed by atoms with Gasteiger partial charge in [0.25, 0.3) is 5.91 Å². The van der Waals surface area contributed by atoms with Crippen LogP contribution in [-0.4, -0.2) is 38.9 Å². The van der Waals surface area contributed by atoms with E-state index in [1.54, 1.807) is 11.6 Å². The maximum Gasteiger partial charge on any atom is 0.267 e. The normalized spacial score (nSPS) is 17.9. The number of benzene rings is 1. The van der Waals surface area contributed by atoms with E-state index < -0.39 is 5.91 Å². The van der Waals surface area contributed by atoms with Crippen LogP contribution in [0.3, 0.4) is 0 Å². The van der Waals surface area contributed by atoms with E-state index in [4.69, 9.17) is 5.21 Å². The predicted octanol–water partition coefficient (Wildman–Crippen LogP) is 3.31. The van der Waals surface area contributed by atoms with Gasteiger partial charge in [-0.1, -0.05) is 24.3 Å². The molecule has 0 aliphatic carbocycles. The van der Waals surface area contributed by atoms with Gasteiger partial charge in [0.05, 0.1) is 16.7 Å². The van der Waals surface area contributed by atoms with Crippen LogP contribution in [0.25, 0.3) is 6.08 Å². The number of carbonyl (C=O) groups excluding carboxylic acids is 1. The molecular formula is C19H23BrN4O2. The molecule has 1 aliphatic rings. The van der Waals surface area contributed by atoms with Crippen LogP contribution in [0.1, 0.15) is 35.7 Å². The molecule has 138 valence electrons. The highest BCUT2D eigenvalue weighted by molar-refractivity contribution is 9.10. The zero-order valence-corrected chi connectivity index (χ0v) is 16.3. The summed E-state index contributed by atoms with van der Waals surface area (Å²) in [6.45, 7) is 4.94. The van der Waals surface area contributed by atoms with Crippen LogP contribution >= 0.6 is 15.9 Å². The summed E-state index contributed by atoms with van der Waals surface area (Å²) in [5.74, 6) is -0.531. The minimum absolute atomic E-state index is 0.425. The Morgan fingerprint density at radius 1 is 1.38 bits per heavy atom. The molecule has 1 aliphatic heterocycles. The summed E-state index contributed by atoms with van der Waals surface area (Å²) in [5, 5.41) is 13.0. The topological polar surface area (TPSA) is 70.4 Å². The number of likely N-dealkylation sites (tertiary alicyclic amines) is 1. The van der Waals surface area contributed by atoms with Gasteiger partial charge in [-0.25, -0.2) is 5.48 Å². The van der Waals surface area contributed by atoms with Crippen LogP contribution in [0.5, 0.6) is 0 Å². The molecular weight excluding hydrogens is 396 g/mol. The van der Waals surface area contributed by atoms with Gasteiger partial charge < -0.3 is 0 Å². The Kier molecular flexibility index (Phi) is 6.24. The maximum absolute atomic E-state index is 11.1. The predicted molar refractivity (Wildman–Crippen MR) is 104 cm³/mol. The van der Waals surface area contributed by atoms with Crippen molar-refractivity contribution < 1.29 is 10.0 Å². The van der Waals surface area contributed by atoms with Crippen molar-refractivity contribution in [2.75, 3.05) is 13.1 Å². The SMILES string of the molecule is Cc1nn(CCN2CCC[C@H]2c2ccc(/C=C/C(=O)NO)cc2)cc1Br. The average molecular weight is 419 g/mol. The van der Waals surface area contributed by atoms with Gasteiger partial charge >= 0.3 is 0 Å². The fourth-order valence-corrected chi connectivity index (χ4v) is 3.66. The molecule has 2 heterocycles. The minimum atomic E-state index is -0.531. The molecule has 3 rings (SSSR count). The van der Waals surface area contributed by atoms with E-state index in [0.717, 1.165) is 41.8 Å². The Labute approximate surface area is 161 Å². The number of halogens is 1. The van der Waals surface area contributed by atoms with Crippen LogP contribution in [0, 0.1) is 6.92 Å². The molecule has 26 heavy (non-hydrogen) atoms. The van der Waals surface area contributed by atoms with Crippen molar-refractivity contribution in [3.8, 4) is 0 Å². The van der Waals surface area contributed by atoms with Crippen molar-refractivity contribution in [1.29, 1.82) is 0 Å². The Morgan fingerprint density at radius 3 is 2.81 bits per heavy atom. The molecule has 0 radical (unpaired) electrons. The van der Waals surface area contributed by atoms with E-state index in [0.29, 0.717) is 6.04 Å². The van der Waals surface area contributed by atoms with Crippen LogP contribution in [0.4, 0.5) is 0 Å². The van der Waals surface area contributed by atoms with Gasteiger partial charge in [-0.05, 0) is 59.4 Å². The zero-order chi connectivity index (χ0) is 18.5. The first kappa shape index (κ1) is 18.8. The van der Waals surface area contributed by atoms with Gasteiger partial charge in [-0.3, -0.25) is 19.6 Å². The van der Waals surface area contributed by atoms with Gasteiger partial charge in [0.2, 0.25) is 0 Å². The molecule has 6 nitrogen and oxygen atoms in total. The lowest BCUT2D eigenvalue weighted by molar-refractivity contribution is -0.124. The highest BCUT2D eigenvalue weighted by Crippen LogP contribution is 2.32. The van der Waals surface area contributed by atoms with Crippen molar-refractivity contribution in [3.05, 3.63) is 57.8 Å². The zero-order valence-electron chi connectivity index (χ0n) is 14.7. The van der Waals surface area contributed by atoms with E-state index >= 15 is 0 Å². The first-order valence-electron chi connectivity index (χ1n) is 8.72. The van der Waals surface area contributed by atoms with Crippen molar-refractivity contribution >= 4 is 27.9 Å². The first-order valence-corrected chi connectivity index (χ1v) is 9.52. The number of hydrogen-bond acceptors (Lipinski definition) is 4. The number of hydrogen-bond donors (Lipinski definition) is 2. The number of carbonyl (C=O) groups is 1. The average Bonchev–Trinajstić information content (AvgIpc) is 3.24. The Bertz CT molecular complexity index is 766. The summed E-state index contributed by atoms with van der Waals surface area (Å²) in [4.78, 5) is 13.6. The smallest absolute Gasteiger partial charge is 0.267 e. The van der Waals surface area contributed by atoms with Crippen molar-refractivity contribution in [1.82, 2.24) is 20.2 Å². The summed E-state index contributed by atoms with van der Waals surface area (Å²) in [5.41, 5.74) is 4.83. The molecule has 1 aromatic carbocycles. The van der Waals surface area contributed by atoms with E-state index in [1.165, 1.54) is 18.1 Å². The van der Waals surface area contributed by atoms with Gasteiger partial charge in [0, 0.05) is 24.9 Å². The summed E-state index contributed by atoms with van der Waals surface area (Å²) in [6.07, 6.45) is 7.37. The molecule has 2 N–H and O–H groups in total. The van der Waals surface area contributed by atoms with Crippen molar-refractivity contribution in [3.63, 3.8) is 0 Å².